The Morgan fingerprint density at radius 3 is 2.70 bits per heavy atom. The van der Waals surface area contributed by atoms with Crippen LogP contribution in [0.15, 0.2) is 65.5 Å². The van der Waals surface area contributed by atoms with Crippen LogP contribution in [0.2, 0.25) is 5.02 Å². The number of carbonyl (C=O) groups is 2. The standard InChI is InChI=1S/C28H24ClN3O5/c1-35-27(33)12-17-16-36-25-14-21(29)26(13-19(17)25)37-24-8-9-30-15-20(24)28(34)32-11-10-31(18-6-7-18)22-4-2-3-5-23(22)32/h2-5,8-9,13-16,18H,6-7,10-12H2,1H3. The monoisotopic (exact) mass is 517 g/mol. The summed E-state index contributed by atoms with van der Waals surface area (Å²) in [5.41, 5.74) is 3.45. The summed E-state index contributed by atoms with van der Waals surface area (Å²) in [5, 5.41) is 0.988. The molecule has 8 nitrogen and oxygen atoms in total. The van der Waals surface area contributed by atoms with Crippen LogP contribution >= 0.6 is 11.6 Å². The second-order valence-corrected chi connectivity index (χ2v) is 9.54. The van der Waals surface area contributed by atoms with Gasteiger partial charge in [-0.3, -0.25) is 14.6 Å². The molecule has 188 valence electrons. The van der Waals surface area contributed by atoms with Crippen LogP contribution in [-0.4, -0.2) is 43.1 Å². The van der Waals surface area contributed by atoms with Gasteiger partial charge in [-0.1, -0.05) is 23.7 Å². The summed E-state index contributed by atoms with van der Waals surface area (Å²) in [5.74, 6) is 0.0874. The molecule has 0 radical (unpaired) electrons. The first-order valence-electron chi connectivity index (χ1n) is 12.1. The predicted octanol–water partition coefficient (Wildman–Crippen LogP) is 5.62. The van der Waals surface area contributed by atoms with E-state index in [1.165, 1.54) is 32.4 Å². The average molecular weight is 518 g/mol. The number of para-hydroxylation sites is 2. The van der Waals surface area contributed by atoms with E-state index in [1.807, 2.05) is 18.2 Å². The number of ether oxygens (including phenoxy) is 2. The number of fused-ring (bicyclic) bond motifs is 2. The minimum atomic E-state index is -0.385. The second kappa shape index (κ2) is 9.44. The summed E-state index contributed by atoms with van der Waals surface area (Å²) in [6.07, 6.45) is 7.01. The maximum atomic E-state index is 13.8. The molecule has 0 unspecified atom stereocenters. The van der Waals surface area contributed by atoms with Crippen molar-refractivity contribution < 1.29 is 23.5 Å². The average Bonchev–Trinajstić information content (AvgIpc) is 3.70. The Bertz CT molecular complexity index is 1510. The summed E-state index contributed by atoms with van der Waals surface area (Å²) in [7, 11) is 1.34. The summed E-state index contributed by atoms with van der Waals surface area (Å²) in [6.45, 7) is 1.34. The van der Waals surface area contributed by atoms with Gasteiger partial charge < -0.3 is 23.7 Å². The highest BCUT2D eigenvalue weighted by molar-refractivity contribution is 6.32. The summed E-state index contributed by atoms with van der Waals surface area (Å²) in [6, 6.07) is 13.5. The summed E-state index contributed by atoms with van der Waals surface area (Å²) >= 11 is 6.50. The molecule has 37 heavy (non-hydrogen) atoms. The lowest BCUT2D eigenvalue weighted by Crippen LogP contribution is -2.45. The Morgan fingerprint density at radius 1 is 1.11 bits per heavy atom. The highest BCUT2D eigenvalue weighted by Gasteiger charge is 2.36. The molecule has 2 aromatic heterocycles. The first-order valence-corrected chi connectivity index (χ1v) is 12.5. The number of hydrogen-bond donors (Lipinski definition) is 0. The molecule has 9 heteroatoms. The zero-order chi connectivity index (χ0) is 25.5. The zero-order valence-corrected chi connectivity index (χ0v) is 20.9. The molecule has 2 aliphatic rings. The van der Waals surface area contributed by atoms with Gasteiger partial charge in [0.05, 0.1) is 36.2 Å². The Balaban J connectivity index is 1.32. The Morgan fingerprint density at radius 2 is 1.92 bits per heavy atom. The number of furan rings is 1. The van der Waals surface area contributed by atoms with Gasteiger partial charge in [0.25, 0.3) is 5.91 Å². The molecule has 4 aromatic rings. The molecular formula is C28H24ClN3O5. The van der Waals surface area contributed by atoms with Gasteiger partial charge in [0.1, 0.15) is 22.6 Å². The van der Waals surface area contributed by atoms with Crippen molar-refractivity contribution in [2.75, 3.05) is 30.0 Å². The lowest BCUT2D eigenvalue weighted by molar-refractivity contribution is -0.139. The molecule has 2 aromatic carbocycles. The fourth-order valence-corrected chi connectivity index (χ4v) is 4.97. The van der Waals surface area contributed by atoms with Crippen molar-refractivity contribution in [2.24, 2.45) is 0 Å². The van der Waals surface area contributed by atoms with Gasteiger partial charge in [-0.2, -0.15) is 0 Å². The third kappa shape index (κ3) is 4.38. The number of hydrogen-bond acceptors (Lipinski definition) is 7. The molecule has 1 amide bonds. The van der Waals surface area contributed by atoms with Crippen LogP contribution in [0.3, 0.4) is 0 Å². The van der Waals surface area contributed by atoms with E-state index >= 15 is 0 Å². The van der Waals surface area contributed by atoms with Crippen molar-refractivity contribution in [2.45, 2.75) is 25.3 Å². The number of carbonyl (C=O) groups excluding carboxylic acids is 2. The first-order chi connectivity index (χ1) is 18.0. The normalized spacial score (nSPS) is 15.0. The smallest absolute Gasteiger partial charge is 0.310 e. The van der Waals surface area contributed by atoms with Crippen LogP contribution in [0.5, 0.6) is 11.5 Å². The zero-order valence-electron chi connectivity index (χ0n) is 20.1. The SMILES string of the molecule is COC(=O)Cc1coc2cc(Cl)c(Oc3ccncc3C(=O)N3CCN(C4CC4)c4ccccc43)cc12. The maximum absolute atomic E-state index is 13.8. The molecule has 1 saturated carbocycles. The van der Waals surface area contributed by atoms with Gasteiger partial charge in [-0.25, -0.2) is 0 Å². The van der Waals surface area contributed by atoms with E-state index in [-0.39, 0.29) is 18.3 Å². The largest absolute Gasteiger partial charge is 0.469 e. The molecule has 0 spiro atoms. The van der Waals surface area contributed by atoms with E-state index in [2.05, 4.69) is 16.0 Å². The minimum absolute atomic E-state index is 0.0514. The number of nitrogens with zero attached hydrogens (tertiary/aromatic N) is 3. The van der Waals surface area contributed by atoms with Gasteiger partial charge in [0.2, 0.25) is 0 Å². The Hall–Kier alpha value is -4.04. The molecule has 6 rings (SSSR count). The number of pyridine rings is 1. The second-order valence-electron chi connectivity index (χ2n) is 9.14. The van der Waals surface area contributed by atoms with Crippen molar-refractivity contribution in [3.63, 3.8) is 0 Å². The van der Waals surface area contributed by atoms with Gasteiger partial charge in [0, 0.05) is 48.5 Å². The molecule has 1 aliphatic carbocycles. The van der Waals surface area contributed by atoms with E-state index in [9.17, 15) is 9.59 Å². The van der Waals surface area contributed by atoms with Gasteiger partial charge in [-0.15, -0.1) is 0 Å². The molecule has 1 aliphatic heterocycles. The van der Waals surface area contributed by atoms with E-state index in [0.29, 0.717) is 51.2 Å². The number of benzene rings is 2. The predicted molar refractivity (Wildman–Crippen MR) is 140 cm³/mol. The maximum Gasteiger partial charge on any atom is 0.310 e. The quantitative estimate of drug-likeness (QED) is 0.307. The van der Waals surface area contributed by atoms with E-state index in [1.54, 1.807) is 29.3 Å². The van der Waals surface area contributed by atoms with Crippen molar-refractivity contribution in [1.82, 2.24) is 4.98 Å². The van der Waals surface area contributed by atoms with Crippen LogP contribution in [0.4, 0.5) is 11.4 Å². The number of esters is 1. The van der Waals surface area contributed by atoms with Crippen molar-refractivity contribution in [1.29, 1.82) is 0 Å². The van der Waals surface area contributed by atoms with Gasteiger partial charge in [-0.05, 0) is 37.1 Å². The molecule has 0 bridgehead atoms. The fraction of sp³-hybridized carbons (Fsp3) is 0.250. The third-order valence-corrected chi connectivity index (χ3v) is 7.08. The number of amides is 1. The highest BCUT2D eigenvalue weighted by atomic mass is 35.5. The number of rotatable bonds is 6. The minimum Gasteiger partial charge on any atom is -0.469 e. The van der Waals surface area contributed by atoms with Crippen LogP contribution in [0.25, 0.3) is 11.0 Å². The lowest BCUT2D eigenvalue weighted by Gasteiger charge is -2.38. The third-order valence-electron chi connectivity index (χ3n) is 6.78. The Labute approximate surface area is 218 Å². The summed E-state index contributed by atoms with van der Waals surface area (Å²) < 4.78 is 16.5. The molecule has 0 saturated heterocycles. The number of methoxy groups -OCH3 is 1. The van der Waals surface area contributed by atoms with Gasteiger partial charge in [0.15, 0.2) is 0 Å². The molecular weight excluding hydrogens is 494 g/mol. The molecule has 3 heterocycles. The topological polar surface area (TPSA) is 85.1 Å². The first kappa shape index (κ1) is 23.4. The van der Waals surface area contributed by atoms with Crippen molar-refractivity contribution >= 4 is 45.8 Å². The number of aromatic nitrogens is 1. The molecule has 0 N–H and O–H groups in total. The number of halogens is 1. The summed E-state index contributed by atoms with van der Waals surface area (Å²) in [4.78, 5) is 34.0. The lowest BCUT2D eigenvalue weighted by atomic mass is 10.1. The highest BCUT2D eigenvalue weighted by Crippen LogP contribution is 2.41. The van der Waals surface area contributed by atoms with Crippen molar-refractivity contribution in [3.8, 4) is 11.5 Å². The van der Waals surface area contributed by atoms with Crippen LogP contribution < -0.4 is 14.5 Å². The Kier molecular flexibility index (Phi) is 5.96. The van der Waals surface area contributed by atoms with E-state index < -0.39 is 0 Å². The van der Waals surface area contributed by atoms with Crippen LogP contribution in [0.1, 0.15) is 28.8 Å². The fourth-order valence-electron chi connectivity index (χ4n) is 4.78. The molecule has 1 fully saturated rings. The number of anilines is 2. The van der Waals surface area contributed by atoms with Gasteiger partial charge >= 0.3 is 5.97 Å². The van der Waals surface area contributed by atoms with Crippen LogP contribution in [0, 0.1) is 0 Å². The van der Waals surface area contributed by atoms with E-state index in [4.69, 9.17) is 25.5 Å². The van der Waals surface area contributed by atoms with E-state index in [0.717, 1.165) is 17.9 Å². The van der Waals surface area contributed by atoms with Crippen molar-refractivity contribution in [3.05, 3.63) is 77.3 Å². The van der Waals surface area contributed by atoms with Crippen LogP contribution in [-0.2, 0) is 16.0 Å². The molecule has 0 atom stereocenters.